The zero-order valence-electron chi connectivity index (χ0n) is 8.68. The fourth-order valence-corrected chi connectivity index (χ4v) is 1.04. The first kappa shape index (κ1) is 11.7. The molecule has 0 atom stereocenters. The monoisotopic (exact) mass is 213 g/mol. The molecule has 0 spiro atoms. The summed E-state index contributed by atoms with van der Waals surface area (Å²) in [7, 11) is 0. The van der Waals surface area contributed by atoms with Crippen molar-refractivity contribution in [3.8, 4) is 6.07 Å². The third kappa shape index (κ3) is 3.39. The molecule has 1 N–H and O–H groups in total. The summed E-state index contributed by atoms with van der Waals surface area (Å²) >= 11 is 0. The van der Waals surface area contributed by atoms with Crippen molar-refractivity contribution in [1.82, 2.24) is 10.3 Å². The lowest BCUT2D eigenvalue weighted by Crippen LogP contribution is -2.24. The molecule has 0 radical (unpaired) electrons. The van der Waals surface area contributed by atoms with Crippen molar-refractivity contribution in [3.63, 3.8) is 0 Å². The molecule has 1 amide bonds. The van der Waals surface area contributed by atoms with Gasteiger partial charge in [0.2, 0.25) is 0 Å². The number of rotatable bonds is 4. The molecule has 16 heavy (non-hydrogen) atoms. The molecule has 0 saturated heterocycles. The van der Waals surface area contributed by atoms with Crippen LogP contribution in [-0.4, -0.2) is 17.4 Å². The number of carbonyl (C=O) groups is 1. The summed E-state index contributed by atoms with van der Waals surface area (Å²) in [5.74, 6) is -0.411. The molecule has 0 aliphatic rings. The van der Waals surface area contributed by atoms with Crippen LogP contribution in [0.25, 0.3) is 6.08 Å². The number of hydrogen-bond acceptors (Lipinski definition) is 3. The van der Waals surface area contributed by atoms with Crippen molar-refractivity contribution in [2.75, 3.05) is 6.54 Å². The van der Waals surface area contributed by atoms with E-state index >= 15 is 0 Å². The van der Waals surface area contributed by atoms with E-state index in [4.69, 9.17) is 5.26 Å². The molecule has 80 valence electrons. The number of nitrogens with one attached hydrogen (secondary N) is 1. The lowest BCUT2D eigenvalue weighted by Gasteiger charge is -1.99. The van der Waals surface area contributed by atoms with Crippen LogP contribution in [0.15, 0.2) is 42.8 Å². The molecule has 1 aromatic rings. The third-order valence-corrected chi connectivity index (χ3v) is 1.77. The second-order valence-electron chi connectivity index (χ2n) is 2.95. The first-order chi connectivity index (χ1) is 7.77. The first-order valence-corrected chi connectivity index (χ1v) is 4.69. The Morgan fingerprint density at radius 3 is 3.06 bits per heavy atom. The van der Waals surface area contributed by atoms with Gasteiger partial charge in [0, 0.05) is 18.9 Å². The highest BCUT2D eigenvalue weighted by Gasteiger charge is 2.06. The van der Waals surface area contributed by atoms with E-state index in [2.05, 4.69) is 16.9 Å². The Kier molecular flexibility index (Phi) is 4.48. The number of hydrogen-bond donors (Lipinski definition) is 1. The van der Waals surface area contributed by atoms with E-state index in [1.807, 2.05) is 6.07 Å². The van der Waals surface area contributed by atoms with Crippen LogP contribution in [0.2, 0.25) is 0 Å². The van der Waals surface area contributed by atoms with Gasteiger partial charge >= 0.3 is 0 Å². The number of aromatic nitrogens is 1. The van der Waals surface area contributed by atoms with Crippen LogP contribution in [0.4, 0.5) is 0 Å². The second-order valence-corrected chi connectivity index (χ2v) is 2.95. The maximum atomic E-state index is 11.5. The SMILES string of the molecule is C=CCNC(=O)/C(C#N)=C/c1cccnc1. The molecule has 4 nitrogen and oxygen atoms in total. The third-order valence-electron chi connectivity index (χ3n) is 1.77. The molecule has 4 heteroatoms. The van der Waals surface area contributed by atoms with Crippen LogP contribution in [-0.2, 0) is 4.79 Å². The van der Waals surface area contributed by atoms with Crippen molar-refractivity contribution in [1.29, 1.82) is 5.26 Å². The van der Waals surface area contributed by atoms with E-state index in [0.717, 1.165) is 0 Å². The van der Waals surface area contributed by atoms with Crippen LogP contribution in [0, 0.1) is 11.3 Å². The maximum Gasteiger partial charge on any atom is 0.262 e. The fourth-order valence-electron chi connectivity index (χ4n) is 1.04. The largest absolute Gasteiger partial charge is 0.348 e. The Balaban J connectivity index is 2.83. The number of pyridine rings is 1. The van der Waals surface area contributed by atoms with Gasteiger partial charge in [0.1, 0.15) is 11.6 Å². The quantitative estimate of drug-likeness (QED) is 0.465. The van der Waals surface area contributed by atoms with Crippen molar-refractivity contribution in [2.45, 2.75) is 0 Å². The number of nitrogens with zero attached hydrogens (tertiary/aromatic N) is 2. The standard InChI is InChI=1S/C12H11N3O/c1-2-5-15-12(16)11(8-13)7-10-4-3-6-14-9-10/h2-4,6-7,9H,1,5H2,(H,15,16)/b11-7+. The first-order valence-electron chi connectivity index (χ1n) is 4.69. The van der Waals surface area contributed by atoms with Gasteiger partial charge in [0.25, 0.3) is 5.91 Å². The summed E-state index contributed by atoms with van der Waals surface area (Å²) in [4.78, 5) is 15.4. The van der Waals surface area contributed by atoms with Crippen LogP contribution in [0.1, 0.15) is 5.56 Å². The van der Waals surface area contributed by atoms with Crippen molar-refractivity contribution in [2.24, 2.45) is 0 Å². The minimum Gasteiger partial charge on any atom is -0.348 e. The minimum atomic E-state index is -0.411. The molecule has 0 aliphatic heterocycles. The number of amides is 1. The summed E-state index contributed by atoms with van der Waals surface area (Å²) in [6.45, 7) is 3.81. The Bertz CT molecular complexity index is 443. The predicted octanol–water partition coefficient (Wildman–Crippen LogP) is 1.29. The number of nitriles is 1. The fraction of sp³-hybridized carbons (Fsp3) is 0.0833. The molecular weight excluding hydrogens is 202 g/mol. The van der Waals surface area contributed by atoms with Gasteiger partial charge in [0.05, 0.1) is 0 Å². The van der Waals surface area contributed by atoms with Gasteiger partial charge < -0.3 is 5.32 Å². The molecule has 1 heterocycles. The van der Waals surface area contributed by atoms with Gasteiger partial charge in [0.15, 0.2) is 0 Å². The summed E-state index contributed by atoms with van der Waals surface area (Å²) in [6, 6.07) is 5.35. The van der Waals surface area contributed by atoms with Gasteiger partial charge in [-0.1, -0.05) is 12.1 Å². The summed E-state index contributed by atoms with van der Waals surface area (Å²) in [5, 5.41) is 11.4. The Morgan fingerprint density at radius 1 is 1.69 bits per heavy atom. The van der Waals surface area contributed by atoms with E-state index in [1.165, 1.54) is 6.08 Å². The van der Waals surface area contributed by atoms with Gasteiger partial charge in [-0.2, -0.15) is 5.26 Å². The Hall–Kier alpha value is -2.41. The zero-order valence-corrected chi connectivity index (χ0v) is 8.68. The minimum absolute atomic E-state index is 0.0508. The van der Waals surface area contributed by atoms with E-state index in [-0.39, 0.29) is 5.57 Å². The molecule has 0 saturated carbocycles. The normalized spacial score (nSPS) is 10.3. The Labute approximate surface area is 93.9 Å². The van der Waals surface area contributed by atoms with Crippen molar-refractivity contribution in [3.05, 3.63) is 48.3 Å². The van der Waals surface area contributed by atoms with Crippen LogP contribution in [0.5, 0.6) is 0 Å². The molecule has 0 bridgehead atoms. The summed E-state index contributed by atoms with van der Waals surface area (Å²) in [6.07, 6.45) is 6.25. The highest BCUT2D eigenvalue weighted by molar-refractivity contribution is 6.01. The summed E-state index contributed by atoms with van der Waals surface area (Å²) in [5.41, 5.74) is 0.766. The highest BCUT2D eigenvalue weighted by Crippen LogP contribution is 2.04. The molecule has 1 aromatic heterocycles. The second kappa shape index (κ2) is 6.14. The van der Waals surface area contributed by atoms with Crippen LogP contribution in [0.3, 0.4) is 0 Å². The van der Waals surface area contributed by atoms with Crippen molar-refractivity contribution < 1.29 is 4.79 Å². The summed E-state index contributed by atoms with van der Waals surface area (Å²) < 4.78 is 0. The van der Waals surface area contributed by atoms with Gasteiger partial charge in [-0.15, -0.1) is 6.58 Å². The van der Waals surface area contributed by atoms with Gasteiger partial charge in [-0.25, -0.2) is 0 Å². The predicted molar refractivity (Wildman–Crippen MR) is 61.0 cm³/mol. The molecule has 0 unspecified atom stereocenters. The van der Waals surface area contributed by atoms with Crippen LogP contribution < -0.4 is 5.32 Å². The smallest absolute Gasteiger partial charge is 0.262 e. The average Bonchev–Trinajstić information content (AvgIpc) is 2.34. The van der Waals surface area contributed by atoms with Crippen molar-refractivity contribution >= 4 is 12.0 Å². The molecular formula is C12H11N3O. The molecule has 1 rings (SSSR count). The zero-order chi connectivity index (χ0) is 11.8. The lowest BCUT2D eigenvalue weighted by atomic mass is 10.2. The van der Waals surface area contributed by atoms with E-state index < -0.39 is 5.91 Å². The number of carbonyl (C=O) groups excluding carboxylic acids is 1. The Morgan fingerprint density at radius 2 is 2.50 bits per heavy atom. The van der Waals surface area contributed by atoms with Crippen LogP contribution >= 0.6 is 0 Å². The van der Waals surface area contributed by atoms with E-state index in [9.17, 15) is 4.79 Å². The van der Waals surface area contributed by atoms with E-state index in [1.54, 1.807) is 30.6 Å². The van der Waals surface area contributed by atoms with E-state index in [0.29, 0.717) is 12.1 Å². The van der Waals surface area contributed by atoms with Gasteiger partial charge in [-0.3, -0.25) is 9.78 Å². The molecule has 0 aliphatic carbocycles. The van der Waals surface area contributed by atoms with Gasteiger partial charge in [-0.05, 0) is 17.7 Å². The molecule has 0 aromatic carbocycles. The lowest BCUT2D eigenvalue weighted by molar-refractivity contribution is -0.116. The maximum absolute atomic E-state index is 11.5. The average molecular weight is 213 g/mol. The highest BCUT2D eigenvalue weighted by atomic mass is 16.1. The molecule has 0 fully saturated rings. The topological polar surface area (TPSA) is 65.8 Å².